The molecule has 2 aromatic rings. The van der Waals surface area contributed by atoms with Crippen LogP contribution in [0.5, 0.6) is 5.75 Å². The number of hydrogen-bond donors (Lipinski definition) is 1. The number of nitrogens with one attached hydrogen (secondary N) is 1. The molecular weight excluding hydrogens is 352 g/mol. The fourth-order valence-corrected chi connectivity index (χ4v) is 4.23. The molecule has 26 heavy (non-hydrogen) atoms. The largest absolute Gasteiger partial charge is 0.495 e. The van der Waals surface area contributed by atoms with Gasteiger partial charge in [-0.3, -0.25) is 9.10 Å². The molecule has 1 aliphatic rings. The smallest absolute Gasteiger partial charge is 0.255 e. The van der Waals surface area contributed by atoms with E-state index in [0.29, 0.717) is 35.7 Å². The Labute approximate surface area is 153 Å². The van der Waals surface area contributed by atoms with Gasteiger partial charge >= 0.3 is 0 Å². The van der Waals surface area contributed by atoms with Gasteiger partial charge in [0.15, 0.2) is 0 Å². The molecule has 0 saturated heterocycles. The lowest BCUT2D eigenvalue weighted by Gasteiger charge is -2.18. The van der Waals surface area contributed by atoms with Gasteiger partial charge in [-0.25, -0.2) is 8.42 Å². The maximum absolute atomic E-state index is 12.6. The number of amides is 1. The van der Waals surface area contributed by atoms with Crippen molar-refractivity contribution in [2.45, 2.75) is 20.3 Å². The molecule has 0 spiro atoms. The quantitative estimate of drug-likeness (QED) is 0.873. The number of fused-ring (bicyclic) bond motifs is 1. The molecule has 0 saturated carbocycles. The monoisotopic (exact) mass is 374 g/mol. The lowest BCUT2D eigenvalue weighted by molar-refractivity contribution is 0.102. The van der Waals surface area contributed by atoms with Gasteiger partial charge in [0.25, 0.3) is 5.91 Å². The van der Waals surface area contributed by atoms with E-state index in [2.05, 4.69) is 5.32 Å². The predicted octanol–water partition coefficient (Wildman–Crippen LogP) is 2.97. The summed E-state index contributed by atoms with van der Waals surface area (Å²) in [7, 11) is -1.74. The first-order valence-electron chi connectivity index (χ1n) is 8.45. The van der Waals surface area contributed by atoms with Crippen LogP contribution in [0, 0.1) is 6.92 Å². The molecule has 138 valence electrons. The van der Waals surface area contributed by atoms with Gasteiger partial charge in [0.05, 0.1) is 24.2 Å². The summed E-state index contributed by atoms with van der Waals surface area (Å²) in [5.41, 5.74) is 3.63. The fraction of sp³-hybridized carbons (Fsp3) is 0.316. The summed E-state index contributed by atoms with van der Waals surface area (Å²) in [5.74, 6) is 0.390. The Bertz CT molecular complexity index is 954. The number of nitrogens with zero attached hydrogens (tertiary/aromatic N) is 1. The second kappa shape index (κ2) is 6.99. The molecular formula is C19H22N2O4S. The van der Waals surface area contributed by atoms with Crippen LogP contribution in [0.2, 0.25) is 0 Å². The minimum absolute atomic E-state index is 0.0574. The van der Waals surface area contributed by atoms with E-state index in [1.165, 1.54) is 4.31 Å². The van der Waals surface area contributed by atoms with Crippen molar-refractivity contribution in [2.24, 2.45) is 0 Å². The van der Waals surface area contributed by atoms with Crippen LogP contribution in [-0.2, 0) is 16.4 Å². The summed E-state index contributed by atoms with van der Waals surface area (Å²) < 4.78 is 31.0. The first kappa shape index (κ1) is 18.3. The molecule has 0 bridgehead atoms. The fourth-order valence-electron chi connectivity index (χ4n) is 3.07. The van der Waals surface area contributed by atoms with Crippen LogP contribution in [0.3, 0.4) is 0 Å². The van der Waals surface area contributed by atoms with Gasteiger partial charge in [-0.2, -0.15) is 0 Å². The Hall–Kier alpha value is -2.54. The number of carbonyl (C=O) groups is 1. The minimum atomic E-state index is -3.29. The van der Waals surface area contributed by atoms with Crippen molar-refractivity contribution in [3.63, 3.8) is 0 Å². The Morgan fingerprint density at radius 1 is 1.23 bits per heavy atom. The van der Waals surface area contributed by atoms with Gasteiger partial charge in [0, 0.05) is 12.1 Å². The zero-order valence-corrected chi connectivity index (χ0v) is 15.9. The molecule has 0 unspecified atom stereocenters. The van der Waals surface area contributed by atoms with Crippen LogP contribution in [0.4, 0.5) is 11.4 Å². The number of methoxy groups -OCH3 is 1. The molecule has 2 aromatic carbocycles. The number of aryl methyl sites for hydroxylation is 1. The topological polar surface area (TPSA) is 75.7 Å². The normalized spacial score (nSPS) is 13.4. The van der Waals surface area contributed by atoms with E-state index in [1.54, 1.807) is 38.3 Å². The van der Waals surface area contributed by atoms with Crippen LogP contribution >= 0.6 is 0 Å². The molecule has 1 amide bonds. The van der Waals surface area contributed by atoms with Crippen LogP contribution in [0.25, 0.3) is 0 Å². The average Bonchev–Trinajstić information content (AvgIpc) is 3.06. The van der Waals surface area contributed by atoms with Crippen molar-refractivity contribution in [3.8, 4) is 5.75 Å². The second-order valence-corrected chi connectivity index (χ2v) is 8.41. The van der Waals surface area contributed by atoms with Crippen molar-refractivity contribution < 1.29 is 17.9 Å². The highest BCUT2D eigenvalue weighted by atomic mass is 32.2. The number of rotatable bonds is 5. The number of anilines is 2. The number of carbonyl (C=O) groups excluding carboxylic acids is 1. The highest BCUT2D eigenvalue weighted by Gasteiger charge is 2.28. The maximum atomic E-state index is 12.6. The van der Waals surface area contributed by atoms with Crippen LogP contribution in [-0.4, -0.2) is 33.7 Å². The zero-order valence-electron chi connectivity index (χ0n) is 15.1. The van der Waals surface area contributed by atoms with Crippen molar-refractivity contribution in [3.05, 3.63) is 53.1 Å². The number of ether oxygens (including phenoxy) is 1. The summed E-state index contributed by atoms with van der Waals surface area (Å²) in [6, 6.07) is 10.7. The second-order valence-electron chi connectivity index (χ2n) is 6.22. The summed E-state index contributed by atoms with van der Waals surface area (Å²) in [6.07, 6.45) is 0.601. The number of hydrogen-bond acceptors (Lipinski definition) is 4. The Morgan fingerprint density at radius 2 is 2.00 bits per heavy atom. The molecule has 7 heteroatoms. The van der Waals surface area contributed by atoms with Crippen molar-refractivity contribution >= 4 is 27.3 Å². The third-order valence-electron chi connectivity index (χ3n) is 4.50. The third kappa shape index (κ3) is 3.39. The SMILES string of the molecule is CCS(=O)(=O)N1CCc2cc(C(=O)Nc3cc(C)ccc3OC)ccc21. The van der Waals surface area contributed by atoms with E-state index in [9.17, 15) is 13.2 Å². The predicted molar refractivity (Wildman–Crippen MR) is 103 cm³/mol. The molecule has 0 aliphatic carbocycles. The molecule has 0 radical (unpaired) electrons. The van der Waals surface area contributed by atoms with Crippen LogP contribution in [0.15, 0.2) is 36.4 Å². The van der Waals surface area contributed by atoms with Gasteiger partial charge in [0.2, 0.25) is 10.0 Å². The molecule has 1 heterocycles. The van der Waals surface area contributed by atoms with E-state index >= 15 is 0 Å². The van der Waals surface area contributed by atoms with Gasteiger partial charge < -0.3 is 10.1 Å². The van der Waals surface area contributed by atoms with E-state index in [0.717, 1.165) is 11.1 Å². The molecule has 3 rings (SSSR count). The van der Waals surface area contributed by atoms with E-state index < -0.39 is 10.0 Å². The standard InChI is InChI=1S/C19H22N2O4S/c1-4-26(23,24)21-10-9-14-12-15(6-7-17(14)21)19(22)20-16-11-13(2)5-8-18(16)25-3/h5-8,11-12H,4,9-10H2,1-3H3,(H,20,22). The first-order valence-corrected chi connectivity index (χ1v) is 10.1. The molecule has 0 aromatic heterocycles. The van der Waals surface area contributed by atoms with Gasteiger partial charge in [-0.05, 0) is 61.7 Å². The van der Waals surface area contributed by atoms with Crippen molar-refractivity contribution in [1.29, 1.82) is 0 Å². The van der Waals surface area contributed by atoms with Gasteiger partial charge in [-0.1, -0.05) is 6.07 Å². The minimum Gasteiger partial charge on any atom is -0.495 e. The third-order valence-corrected chi connectivity index (χ3v) is 6.28. The summed E-state index contributed by atoms with van der Waals surface area (Å²) >= 11 is 0. The molecule has 0 fully saturated rings. The number of benzene rings is 2. The Kier molecular flexibility index (Phi) is 4.91. The first-order chi connectivity index (χ1) is 12.4. The van der Waals surface area contributed by atoms with Crippen LogP contribution < -0.4 is 14.4 Å². The van der Waals surface area contributed by atoms with Gasteiger partial charge in [0.1, 0.15) is 5.75 Å². The summed E-state index contributed by atoms with van der Waals surface area (Å²) in [5, 5.41) is 2.87. The number of sulfonamides is 1. The maximum Gasteiger partial charge on any atom is 0.255 e. The zero-order chi connectivity index (χ0) is 18.9. The molecule has 1 aliphatic heterocycles. The molecule has 6 nitrogen and oxygen atoms in total. The highest BCUT2D eigenvalue weighted by molar-refractivity contribution is 7.92. The Morgan fingerprint density at radius 3 is 2.69 bits per heavy atom. The average molecular weight is 374 g/mol. The van der Waals surface area contributed by atoms with E-state index in [1.807, 2.05) is 19.1 Å². The lowest BCUT2D eigenvalue weighted by atomic mass is 10.1. The highest BCUT2D eigenvalue weighted by Crippen LogP contribution is 2.32. The molecule has 0 atom stereocenters. The van der Waals surface area contributed by atoms with E-state index in [4.69, 9.17) is 4.74 Å². The summed E-state index contributed by atoms with van der Waals surface area (Å²) in [6.45, 7) is 3.99. The van der Waals surface area contributed by atoms with Crippen molar-refractivity contribution in [1.82, 2.24) is 0 Å². The summed E-state index contributed by atoms with van der Waals surface area (Å²) in [4.78, 5) is 12.6. The van der Waals surface area contributed by atoms with E-state index in [-0.39, 0.29) is 11.7 Å². The lowest BCUT2D eigenvalue weighted by Crippen LogP contribution is -2.30. The molecule has 1 N–H and O–H groups in total. The van der Waals surface area contributed by atoms with Crippen molar-refractivity contribution in [2.75, 3.05) is 29.0 Å². The van der Waals surface area contributed by atoms with Crippen LogP contribution in [0.1, 0.15) is 28.4 Å². The van der Waals surface area contributed by atoms with Gasteiger partial charge in [-0.15, -0.1) is 0 Å². The Balaban J connectivity index is 1.86.